The first-order valence-corrected chi connectivity index (χ1v) is 7.64. The SMILES string of the molecule is CN1CCN(c2nc(N)c(I)c(C(C)(C)C)n2)CC1. The fraction of sp³-hybridized carbons (Fsp3) is 0.692. The first-order chi connectivity index (χ1) is 8.79. The fourth-order valence-electron chi connectivity index (χ4n) is 2.10. The van der Waals surface area contributed by atoms with Crippen molar-refractivity contribution in [3.05, 3.63) is 9.26 Å². The summed E-state index contributed by atoms with van der Waals surface area (Å²) >= 11 is 2.24. The molecule has 106 valence electrons. The molecule has 0 unspecified atom stereocenters. The van der Waals surface area contributed by atoms with Crippen LogP contribution in [0.2, 0.25) is 0 Å². The molecule has 1 saturated heterocycles. The van der Waals surface area contributed by atoms with E-state index in [1.165, 1.54) is 0 Å². The first kappa shape index (κ1) is 14.8. The summed E-state index contributed by atoms with van der Waals surface area (Å²) in [5, 5.41) is 0. The molecule has 0 saturated carbocycles. The maximum absolute atomic E-state index is 6.06. The third kappa shape index (κ3) is 3.28. The third-order valence-electron chi connectivity index (χ3n) is 3.36. The van der Waals surface area contributed by atoms with Gasteiger partial charge in [-0.05, 0) is 29.6 Å². The van der Waals surface area contributed by atoms with Crippen LogP contribution in [0.4, 0.5) is 11.8 Å². The Morgan fingerprint density at radius 2 is 1.68 bits per heavy atom. The molecule has 1 aromatic heterocycles. The molecule has 1 aliphatic heterocycles. The van der Waals surface area contributed by atoms with E-state index in [1.807, 2.05) is 0 Å². The standard InChI is InChI=1S/C13H22IN5/c1-13(2,3)10-9(14)11(15)17-12(16-10)19-7-5-18(4)6-8-19/h5-8H2,1-4H3,(H2,15,16,17). The Morgan fingerprint density at radius 3 is 2.21 bits per heavy atom. The summed E-state index contributed by atoms with van der Waals surface area (Å²) in [5.41, 5.74) is 7.07. The largest absolute Gasteiger partial charge is 0.383 e. The molecule has 1 aromatic rings. The minimum absolute atomic E-state index is 0.0189. The van der Waals surface area contributed by atoms with Gasteiger partial charge in [-0.1, -0.05) is 20.8 Å². The van der Waals surface area contributed by atoms with Crippen molar-refractivity contribution in [3.8, 4) is 0 Å². The maximum atomic E-state index is 6.06. The van der Waals surface area contributed by atoms with E-state index in [0.29, 0.717) is 5.82 Å². The zero-order chi connectivity index (χ0) is 14.2. The molecule has 1 aliphatic rings. The van der Waals surface area contributed by atoms with Crippen molar-refractivity contribution in [2.24, 2.45) is 0 Å². The van der Waals surface area contributed by atoms with Gasteiger partial charge in [0.15, 0.2) is 0 Å². The van der Waals surface area contributed by atoms with Gasteiger partial charge in [0, 0.05) is 31.6 Å². The normalized spacial score (nSPS) is 17.8. The van der Waals surface area contributed by atoms with Gasteiger partial charge in [0.25, 0.3) is 0 Å². The highest BCUT2D eigenvalue weighted by Gasteiger charge is 2.25. The molecule has 2 N–H and O–H groups in total. The van der Waals surface area contributed by atoms with Gasteiger partial charge in [0.05, 0.1) is 9.26 Å². The van der Waals surface area contributed by atoms with Crippen LogP contribution in [0.15, 0.2) is 0 Å². The molecule has 0 amide bonds. The van der Waals surface area contributed by atoms with Crippen molar-refractivity contribution in [1.82, 2.24) is 14.9 Å². The summed E-state index contributed by atoms with van der Waals surface area (Å²) < 4.78 is 0.975. The summed E-state index contributed by atoms with van der Waals surface area (Å²) in [6.45, 7) is 10.5. The van der Waals surface area contributed by atoms with E-state index < -0.39 is 0 Å². The molecular formula is C13H22IN5. The number of anilines is 2. The van der Waals surface area contributed by atoms with Gasteiger partial charge in [0.1, 0.15) is 5.82 Å². The molecule has 0 bridgehead atoms. The molecule has 19 heavy (non-hydrogen) atoms. The summed E-state index contributed by atoms with van der Waals surface area (Å²) in [6.07, 6.45) is 0. The molecule has 0 aromatic carbocycles. The van der Waals surface area contributed by atoms with Crippen molar-refractivity contribution in [3.63, 3.8) is 0 Å². The smallest absolute Gasteiger partial charge is 0.227 e. The highest BCUT2D eigenvalue weighted by Crippen LogP contribution is 2.30. The topological polar surface area (TPSA) is 58.3 Å². The zero-order valence-corrected chi connectivity index (χ0v) is 14.2. The Kier molecular flexibility index (Phi) is 4.20. The average molecular weight is 375 g/mol. The van der Waals surface area contributed by atoms with Gasteiger partial charge in [-0.15, -0.1) is 0 Å². The van der Waals surface area contributed by atoms with E-state index in [2.05, 4.69) is 65.2 Å². The maximum Gasteiger partial charge on any atom is 0.227 e. The number of nitrogens with two attached hydrogens (primary N) is 1. The van der Waals surface area contributed by atoms with Gasteiger partial charge in [0.2, 0.25) is 5.95 Å². The van der Waals surface area contributed by atoms with E-state index in [0.717, 1.165) is 41.4 Å². The Labute approximate surface area is 128 Å². The van der Waals surface area contributed by atoms with Crippen molar-refractivity contribution in [2.75, 3.05) is 43.9 Å². The van der Waals surface area contributed by atoms with Crippen LogP contribution in [0.3, 0.4) is 0 Å². The van der Waals surface area contributed by atoms with Crippen LogP contribution in [0, 0.1) is 3.57 Å². The molecule has 0 spiro atoms. The number of likely N-dealkylation sites (N-methyl/N-ethyl adjacent to an activating group) is 1. The van der Waals surface area contributed by atoms with E-state index in [1.54, 1.807) is 0 Å². The highest BCUT2D eigenvalue weighted by atomic mass is 127. The van der Waals surface area contributed by atoms with E-state index in [-0.39, 0.29) is 5.41 Å². The number of hydrogen-bond acceptors (Lipinski definition) is 5. The van der Waals surface area contributed by atoms with Crippen molar-refractivity contribution in [1.29, 1.82) is 0 Å². The molecule has 0 atom stereocenters. The number of aromatic nitrogens is 2. The monoisotopic (exact) mass is 375 g/mol. The highest BCUT2D eigenvalue weighted by molar-refractivity contribution is 14.1. The number of rotatable bonds is 1. The lowest BCUT2D eigenvalue weighted by Crippen LogP contribution is -2.45. The van der Waals surface area contributed by atoms with Crippen LogP contribution in [0.1, 0.15) is 26.5 Å². The summed E-state index contributed by atoms with van der Waals surface area (Å²) in [4.78, 5) is 13.8. The predicted octanol–water partition coefficient (Wildman–Crippen LogP) is 1.71. The molecular weight excluding hydrogens is 353 g/mol. The lowest BCUT2D eigenvalue weighted by Gasteiger charge is -2.33. The van der Waals surface area contributed by atoms with Crippen molar-refractivity contribution in [2.45, 2.75) is 26.2 Å². The lowest BCUT2D eigenvalue weighted by atomic mass is 9.92. The Morgan fingerprint density at radius 1 is 1.11 bits per heavy atom. The van der Waals surface area contributed by atoms with Crippen LogP contribution >= 0.6 is 22.6 Å². The van der Waals surface area contributed by atoms with Crippen LogP contribution in [-0.4, -0.2) is 48.1 Å². The van der Waals surface area contributed by atoms with Gasteiger partial charge < -0.3 is 15.5 Å². The molecule has 0 radical (unpaired) electrons. The third-order valence-corrected chi connectivity index (χ3v) is 4.43. The predicted molar refractivity (Wildman–Crippen MR) is 87.6 cm³/mol. The number of nitrogen functional groups attached to an aromatic ring is 1. The van der Waals surface area contributed by atoms with Crippen LogP contribution in [0.25, 0.3) is 0 Å². The van der Waals surface area contributed by atoms with Gasteiger partial charge in [-0.2, -0.15) is 4.98 Å². The number of piperazine rings is 1. The van der Waals surface area contributed by atoms with Crippen molar-refractivity contribution < 1.29 is 0 Å². The fourth-order valence-corrected chi connectivity index (χ4v) is 3.15. The summed E-state index contributed by atoms with van der Waals surface area (Å²) in [5.74, 6) is 1.37. The van der Waals surface area contributed by atoms with Crippen LogP contribution in [-0.2, 0) is 5.41 Å². The number of halogens is 1. The summed E-state index contributed by atoms with van der Waals surface area (Å²) in [6, 6.07) is 0. The zero-order valence-electron chi connectivity index (χ0n) is 12.1. The molecule has 2 heterocycles. The lowest BCUT2D eigenvalue weighted by molar-refractivity contribution is 0.311. The number of hydrogen-bond donors (Lipinski definition) is 1. The van der Waals surface area contributed by atoms with E-state index in [9.17, 15) is 0 Å². The second-order valence-electron chi connectivity index (χ2n) is 6.11. The molecule has 0 aliphatic carbocycles. The quantitative estimate of drug-likeness (QED) is 0.758. The van der Waals surface area contributed by atoms with E-state index >= 15 is 0 Å². The molecule has 1 fully saturated rings. The van der Waals surface area contributed by atoms with Gasteiger partial charge in [-0.25, -0.2) is 4.98 Å². The van der Waals surface area contributed by atoms with Crippen LogP contribution in [0.5, 0.6) is 0 Å². The van der Waals surface area contributed by atoms with E-state index in [4.69, 9.17) is 10.7 Å². The van der Waals surface area contributed by atoms with Crippen molar-refractivity contribution >= 4 is 34.4 Å². The minimum Gasteiger partial charge on any atom is -0.383 e. The second-order valence-corrected chi connectivity index (χ2v) is 7.19. The molecule has 2 rings (SSSR count). The Hall–Kier alpha value is -0.630. The summed E-state index contributed by atoms with van der Waals surface area (Å²) in [7, 11) is 2.14. The average Bonchev–Trinajstić information content (AvgIpc) is 2.32. The minimum atomic E-state index is -0.0189. The Balaban J connectivity index is 2.34. The van der Waals surface area contributed by atoms with Gasteiger partial charge in [-0.3, -0.25) is 0 Å². The second kappa shape index (κ2) is 5.40. The Bertz CT molecular complexity index is 461. The molecule has 5 nitrogen and oxygen atoms in total. The van der Waals surface area contributed by atoms with Crippen LogP contribution < -0.4 is 10.6 Å². The number of nitrogens with zero attached hydrogens (tertiary/aromatic N) is 4. The first-order valence-electron chi connectivity index (χ1n) is 6.56. The van der Waals surface area contributed by atoms with Gasteiger partial charge >= 0.3 is 0 Å². The molecule has 6 heteroatoms.